The van der Waals surface area contributed by atoms with Crippen LogP contribution >= 0.6 is 11.3 Å². The molecule has 0 bridgehead atoms. The number of thiophene rings is 1. The quantitative estimate of drug-likeness (QED) is 0.872. The van der Waals surface area contributed by atoms with Crippen molar-refractivity contribution in [1.82, 2.24) is 5.32 Å². The van der Waals surface area contributed by atoms with Gasteiger partial charge in [0.25, 0.3) is 0 Å². The van der Waals surface area contributed by atoms with Crippen LogP contribution in [0, 0.1) is 11.8 Å². The monoisotopic (exact) mass is 251 g/mol. The standard InChI is InChI=1S/C14H21NOS/c1-11(12-4-2-6-15-10-12)8-13(16)9-14-5-3-7-17-14/h3,5,7,11-12,15H,2,4,6,8-10H2,1H3. The van der Waals surface area contributed by atoms with Crippen molar-refractivity contribution in [2.24, 2.45) is 11.8 Å². The van der Waals surface area contributed by atoms with E-state index in [2.05, 4.69) is 18.3 Å². The number of carbonyl (C=O) groups is 1. The van der Waals surface area contributed by atoms with Crippen molar-refractivity contribution in [3.8, 4) is 0 Å². The van der Waals surface area contributed by atoms with Crippen molar-refractivity contribution in [1.29, 1.82) is 0 Å². The van der Waals surface area contributed by atoms with E-state index in [1.807, 2.05) is 11.4 Å². The van der Waals surface area contributed by atoms with E-state index in [1.165, 1.54) is 17.7 Å². The molecule has 1 aromatic heterocycles. The van der Waals surface area contributed by atoms with E-state index in [9.17, 15) is 4.79 Å². The summed E-state index contributed by atoms with van der Waals surface area (Å²) in [5, 5.41) is 5.46. The summed E-state index contributed by atoms with van der Waals surface area (Å²) in [4.78, 5) is 13.1. The van der Waals surface area contributed by atoms with Gasteiger partial charge in [0, 0.05) is 17.7 Å². The summed E-state index contributed by atoms with van der Waals surface area (Å²) in [5.41, 5.74) is 0. The lowest BCUT2D eigenvalue weighted by molar-refractivity contribution is -0.119. The van der Waals surface area contributed by atoms with Gasteiger partial charge in [0.2, 0.25) is 0 Å². The molecule has 1 N–H and O–H groups in total. The second-order valence-corrected chi connectivity index (χ2v) is 6.11. The molecule has 3 heteroatoms. The van der Waals surface area contributed by atoms with Gasteiger partial charge in [-0.15, -0.1) is 11.3 Å². The van der Waals surface area contributed by atoms with Gasteiger partial charge >= 0.3 is 0 Å². The Bertz CT molecular complexity index is 341. The average Bonchev–Trinajstić information content (AvgIpc) is 2.82. The summed E-state index contributed by atoms with van der Waals surface area (Å²) >= 11 is 1.68. The van der Waals surface area contributed by atoms with Crippen LogP contribution in [-0.4, -0.2) is 18.9 Å². The van der Waals surface area contributed by atoms with Crippen molar-refractivity contribution in [2.45, 2.75) is 32.6 Å². The van der Waals surface area contributed by atoms with Crippen LogP contribution in [0.15, 0.2) is 17.5 Å². The van der Waals surface area contributed by atoms with Crippen LogP contribution in [0.3, 0.4) is 0 Å². The Balaban J connectivity index is 1.77. The first kappa shape index (κ1) is 12.8. The molecule has 2 rings (SSSR count). The minimum absolute atomic E-state index is 0.394. The van der Waals surface area contributed by atoms with Crippen LogP contribution in [0.4, 0.5) is 0 Å². The van der Waals surface area contributed by atoms with Crippen LogP contribution in [0.5, 0.6) is 0 Å². The van der Waals surface area contributed by atoms with E-state index in [0.717, 1.165) is 19.5 Å². The molecule has 2 nitrogen and oxygen atoms in total. The van der Waals surface area contributed by atoms with Gasteiger partial charge in [-0.05, 0) is 49.2 Å². The molecule has 1 aromatic rings. The first-order valence-corrected chi connectivity index (χ1v) is 7.38. The molecule has 17 heavy (non-hydrogen) atoms. The Labute approximate surface area is 107 Å². The lowest BCUT2D eigenvalue weighted by Gasteiger charge is -2.27. The van der Waals surface area contributed by atoms with Crippen molar-refractivity contribution >= 4 is 17.1 Å². The molecule has 0 aromatic carbocycles. The van der Waals surface area contributed by atoms with Crippen molar-refractivity contribution in [2.75, 3.05) is 13.1 Å². The SMILES string of the molecule is CC(CC(=O)Cc1cccs1)C1CCCNC1. The molecule has 2 atom stereocenters. The van der Waals surface area contributed by atoms with Crippen LogP contribution in [0.25, 0.3) is 0 Å². The second kappa shape index (κ2) is 6.31. The van der Waals surface area contributed by atoms with Gasteiger partial charge in [0.15, 0.2) is 0 Å². The molecule has 0 spiro atoms. The molecule has 0 aliphatic carbocycles. The second-order valence-electron chi connectivity index (χ2n) is 5.08. The Kier molecular flexibility index (Phi) is 4.75. The Morgan fingerprint density at radius 1 is 1.65 bits per heavy atom. The number of Topliss-reactive ketones (excluding diaryl/α,β-unsaturated/α-hetero) is 1. The van der Waals surface area contributed by atoms with Crippen molar-refractivity contribution < 1.29 is 4.79 Å². The summed E-state index contributed by atoms with van der Waals surface area (Å²) in [7, 11) is 0. The highest BCUT2D eigenvalue weighted by molar-refractivity contribution is 7.10. The summed E-state index contributed by atoms with van der Waals surface area (Å²) in [6.07, 6.45) is 3.90. The molecular formula is C14H21NOS. The summed E-state index contributed by atoms with van der Waals surface area (Å²) in [6, 6.07) is 4.07. The Hall–Kier alpha value is -0.670. The van der Waals surface area contributed by atoms with Crippen molar-refractivity contribution in [3.05, 3.63) is 22.4 Å². The third-order valence-corrected chi connectivity index (χ3v) is 4.52. The minimum Gasteiger partial charge on any atom is -0.316 e. The average molecular weight is 251 g/mol. The zero-order valence-electron chi connectivity index (χ0n) is 10.4. The normalized spacial score (nSPS) is 22.3. The molecule has 2 heterocycles. The zero-order valence-corrected chi connectivity index (χ0v) is 11.3. The van der Waals surface area contributed by atoms with Crippen molar-refractivity contribution in [3.63, 3.8) is 0 Å². The largest absolute Gasteiger partial charge is 0.316 e. The van der Waals surface area contributed by atoms with Gasteiger partial charge in [-0.1, -0.05) is 13.0 Å². The van der Waals surface area contributed by atoms with Crippen LogP contribution < -0.4 is 5.32 Å². The zero-order chi connectivity index (χ0) is 12.1. The fourth-order valence-electron chi connectivity index (χ4n) is 2.57. The highest BCUT2D eigenvalue weighted by Gasteiger charge is 2.21. The molecule has 0 saturated carbocycles. The number of hydrogen-bond acceptors (Lipinski definition) is 3. The summed E-state index contributed by atoms with van der Waals surface area (Å²) < 4.78 is 0. The number of hydrogen-bond donors (Lipinski definition) is 1. The molecule has 94 valence electrons. The van der Waals surface area contributed by atoms with E-state index < -0.39 is 0 Å². The Morgan fingerprint density at radius 3 is 3.18 bits per heavy atom. The van der Waals surface area contributed by atoms with E-state index >= 15 is 0 Å². The highest BCUT2D eigenvalue weighted by Crippen LogP contribution is 2.23. The number of piperidine rings is 1. The highest BCUT2D eigenvalue weighted by atomic mass is 32.1. The molecule has 1 saturated heterocycles. The fraction of sp³-hybridized carbons (Fsp3) is 0.643. The maximum atomic E-state index is 11.9. The lowest BCUT2D eigenvalue weighted by atomic mass is 9.84. The number of rotatable bonds is 5. The molecule has 1 aliphatic rings. The van der Waals surface area contributed by atoms with Gasteiger partial charge in [0.1, 0.15) is 5.78 Å². The smallest absolute Gasteiger partial charge is 0.138 e. The topological polar surface area (TPSA) is 29.1 Å². The fourth-order valence-corrected chi connectivity index (χ4v) is 3.30. The molecular weight excluding hydrogens is 230 g/mol. The van der Waals surface area contributed by atoms with E-state index in [1.54, 1.807) is 11.3 Å². The van der Waals surface area contributed by atoms with E-state index in [-0.39, 0.29) is 0 Å². The van der Waals surface area contributed by atoms with Gasteiger partial charge < -0.3 is 5.32 Å². The summed E-state index contributed by atoms with van der Waals surface area (Å²) in [5.74, 6) is 1.61. The van der Waals surface area contributed by atoms with Crippen LogP contribution in [-0.2, 0) is 11.2 Å². The van der Waals surface area contributed by atoms with Gasteiger partial charge in [-0.25, -0.2) is 0 Å². The third-order valence-electron chi connectivity index (χ3n) is 3.64. The molecule has 1 fully saturated rings. The minimum atomic E-state index is 0.394. The molecule has 2 unspecified atom stereocenters. The van der Waals surface area contributed by atoms with E-state index in [0.29, 0.717) is 24.0 Å². The third kappa shape index (κ3) is 3.93. The predicted octanol–water partition coefficient (Wildman–Crippen LogP) is 2.89. The Morgan fingerprint density at radius 2 is 2.53 bits per heavy atom. The maximum absolute atomic E-state index is 11.9. The van der Waals surface area contributed by atoms with Gasteiger partial charge in [-0.2, -0.15) is 0 Å². The van der Waals surface area contributed by atoms with Gasteiger partial charge in [-0.3, -0.25) is 4.79 Å². The molecule has 0 radical (unpaired) electrons. The first-order valence-electron chi connectivity index (χ1n) is 6.50. The number of carbonyl (C=O) groups excluding carboxylic acids is 1. The lowest BCUT2D eigenvalue weighted by Crippen LogP contribution is -2.34. The number of ketones is 1. The first-order chi connectivity index (χ1) is 8.25. The van der Waals surface area contributed by atoms with E-state index in [4.69, 9.17) is 0 Å². The van der Waals surface area contributed by atoms with Crippen LogP contribution in [0.1, 0.15) is 31.1 Å². The predicted molar refractivity (Wildman–Crippen MR) is 72.4 cm³/mol. The number of nitrogens with one attached hydrogen (secondary N) is 1. The van der Waals surface area contributed by atoms with Gasteiger partial charge in [0.05, 0.1) is 0 Å². The molecule has 0 amide bonds. The van der Waals surface area contributed by atoms with Crippen LogP contribution in [0.2, 0.25) is 0 Å². The maximum Gasteiger partial charge on any atom is 0.138 e. The summed E-state index contributed by atoms with van der Waals surface area (Å²) in [6.45, 7) is 4.46. The molecule has 1 aliphatic heterocycles.